The lowest BCUT2D eigenvalue weighted by molar-refractivity contribution is 1.50. The van der Waals surface area contributed by atoms with E-state index in [2.05, 4.69) is 48.7 Å². The molecular formula is C15H11ClS. The summed E-state index contributed by atoms with van der Waals surface area (Å²) < 4.78 is 1.28. The predicted molar refractivity (Wildman–Crippen MR) is 77.0 cm³/mol. The van der Waals surface area contributed by atoms with Crippen LogP contribution in [0.5, 0.6) is 0 Å². The second-order valence-corrected chi connectivity index (χ2v) is 5.40. The summed E-state index contributed by atoms with van der Waals surface area (Å²) in [5, 5.41) is 4.10. The summed E-state index contributed by atoms with van der Waals surface area (Å²) >= 11 is 8.02. The SMILES string of the molecule is Cc1cc(Cl)c2ccsc2c1-c1ccccc1. The van der Waals surface area contributed by atoms with Crippen LogP contribution < -0.4 is 0 Å². The molecule has 0 unspecified atom stereocenters. The van der Waals surface area contributed by atoms with Gasteiger partial charge >= 0.3 is 0 Å². The number of halogens is 1. The highest BCUT2D eigenvalue weighted by Gasteiger charge is 2.11. The number of rotatable bonds is 1. The van der Waals surface area contributed by atoms with Crippen molar-refractivity contribution in [3.05, 3.63) is 58.4 Å². The number of hydrogen-bond acceptors (Lipinski definition) is 1. The van der Waals surface area contributed by atoms with Crippen LogP contribution in [0, 0.1) is 6.92 Å². The summed E-state index contributed by atoms with van der Waals surface area (Å²) in [5.74, 6) is 0. The molecule has 0 spiro atoms. The van der Waals surface area contributed by atoms with Crippen molar-refractivity contribution in [2.45, 2.75) is 6.92 Å². The topological polar surface area (TPSA) is 0 Å². The fraction of sp³-hybridized carbons (Fsp3) is 0.0667. The Kier molecular flexibility index (Phi) is 2.65. The van der Waals surface area contributed by atoms with Crippen LogP contribution in [0.4, 0.5) is 0 Å². The third-order valence-electron chi connectivity index (χ3n) is 2.95. The zero-order valence-corrected chi connectivity index (χ0v) is 11.0. The number of aryl methyl sites for hydroxylation is 1. The minimum absolute atomic E-state index is 0.846. The number of benzene rings is 2. The minimum Gasteiger partial charge on any atom is -0.143 e. The minimum atomic E-state index is 0.846. The average molecular weight is 259 g/mol. The van der Waals surface area contributed by atoms with Gasteiger partial charge in [0, 0.05) is 20.7 Å². The molecule has 0 saturated carbocycles. The van der Waals surface area contributed by atoms with Gasteiger partial charge in [0.1, 0.15) is 0 Å². The van der Waals surface area contributed by atoms with E-state index < -0.39 is 0 Å². The molecule has 2 aromatic carbocycles. The molecule has 0 fully saturated rings. The predicted octanol–water partition coefficient (Wildman–Crippen LogP) is 5.53. The van der Waals surface area contributed by atoms with Gasteiger partial charge in [-0.15, -0.1) is 11.3 Å². The summed E-state index contributed by atoms with van der Waals surface area (Å²) in [5.41, 5.74) is 3.80. The van der Waals surface area contributed by atoms with E-state index in [0.29, 0.717) is 0 Å². The van der Waals surface area contributed by atoms with Gasteiger partial charge in [-0.05, 0) is 35.6 Å². The molecule has 1 heterocycles. The molecule has 0 atom stereocenters. The lowest BCUT2D eigenvalue weighted by Gasteiger charge is -2.09. The maximum atomic E-state index is 6.27. The van der Waals surface area contributed by atoms with Crippen LogP contribution in [0.3, 0.4) is 0 Å². The van der Waals surface area contributed by atoms with Gasteiger partial charge in [0.2, 0.25) is 0 Å². The highest BCUT2D eigenvalue weighted by Crippen LogP contribution is 2.38. The van der Waals surface area contributed by atoms with E-state index >= 15 is 0 Å². The molecule has 0 saturated heterocycles. The van der Waals surface area contributed by atoms with E-state index in [-0.39, 0.29) is 0 Å². The molecule has 17 heavy (non-hydrogen) atoms. The van der Waals surface area contributed by atoms with Gasteiger partial charge in [-0.25, -0.2) is 0 Å². The number of fused-ring (bicyclic) bond motifs is 1. The van der Waals surface area contributed by atoms with Crippen LogP contribution in [0.15, 0.2) is 47.8 Å². The Hall–Kier alpha value is -1.31. The molecule has 1 aromatic heterocycles. The average Bonchev–Trinajstić information content (AvgIpc) is 2.79. The molecule has 0 amide bonds. The molecule has 0 nitrogen and oxygen atoms in total. The zero-order chi connectivity index (χ0) is 11.8. The van der Waals surface area contributed by atoms with Gasteiger partial charge in [-0.2, -0.15) is 0 Å². The summed E-state index contributed by atoms with van der Waals surface area (Å²) in [6.45, 7) is 2.12. The quantitative estimate of drug-likeness (QED) is 0.538. The van der Waals surface area contributed by atoms with E-state index in [9.17, 15) is 0 Å². The molecule has 0 aliphatic carbocycles. The van der Waals surface area contributed by atoms with Crippen molar-refractivity contribution in [1.82, 2.24) is 0 Å². The lowest BCUT2D eigenvalue weighted by Crippen LogP contribution is -1.84. The fourth-order valence-electron chi connectivity index (χ4n) is 2.17. The number of thiophene rings is 1. The molecule has 0 N–H and O–H groups in total. The molecular weight excluding hydrogens is 248 g/mol. The summed E-state index contributed by atoms with van der Waals surface area (Å²) in [4.78, 5) is 0. The highest BCUT2D eigenvalue weighted by molar-refractivity contribution is 7.18. The molecule has 3 rings (SSSR count). The van der Waals surface area contributed by atoms with Crippen molar-refractivity contribution in [3.8, 4) is 11.1 Å². The molecule has 2 heteroatoms. The van der Waals surface area contributed by atoms with Gasteiger partial charge < -0.3 is 0 Å². The Morgan fingerprint density at radius 3 is 2.59 bits per heavy atom. The zero-order valence-electron chi connectivity index (χ0n) is 9.41. The highest BCUT2D eigenvalue weighted by atomic mass is 35.5. The maximum absolute atomic E-state index is 6.27. The Balaban J connectivity index is 2.40. The number of hydrogen-bond donors (Lipinski definition) is 0. The van der Waals surface area contributed by atoms with Crippen LogP contribution >= 0.6 is 22.9 Å². The van der Waals surface area contributed by atoms with E-state index in [1.165, 1.54) is 21.4 Å². The molecule has 0 aliphatic rings. The third kappa shape index (κ3) is 1.76. The first-order valence-electron chi connectivity index (χ1n) is 5.49. The Morgan fingerprint density at radius 1 is 1.06 bits per heavy atom. The smallest absolute Gasteiger partial charge is 0.0495 e. The monoisotopic (exact) mass is 258 g/mol. The lowest BCUT2D eigenvalue weighted by atomic mass is 9.99. The van der Waals surface area contributed by atoms with Crippen molar-refractivity contribution in [1.29, 1.82) is 0 Å². The first-order chi connectivity index (χ1) is 8.27. The Labute approximate surface area is 109 Å². The maximum Gasteiger partial charge on any atom is 0.0495 e. The first kappa shape index (κ1) is 10.8. The normalized spacial score (nSPS) is 10.9. The van der Waals surface area contributed by atoms with Gasteiger partial charge in [0.15, 0.2) is 0 Å². The Morgan fingerprint density at radius 2 is 1.82 bits per heavy atom. The van der Waals surface area contributed by atoms with Gasteiger partial charge in [0.05, 0.1) is 0 Å². The second kappa shape index (κ2) is 4.17. The summed E-state index contributed by atoms with van der Waals surface area (Å²) in [6.07, 6.45) is 0. The van der Waals surface area contributed by atoms with Crippen molar-refractivity contribution in [2.75, 3.05) is 0 Å². The molecule has 84 valence electrons. The van der Waals surface area contributed by atoms with Crippen molar-refractivity contribution in [3.63, 3.8) is 0 Å². The van der Waals surface area contributed by atoms with Crippen molar-refractivity contribution >= 4 is 33.0 Å². The van der Waals surface area contributed by atoms with Crippen LogP contribution in [-0.4, -0.2) is 0 Å². The molecule has 0 bridgehead atoms. The molecule has 0 aliphatic heterocycles. The van der Waals surface area contributed by atoms with Crippen LogP contribution in [0.2, 0.25) is 5.02 Å². The van der Waals surface area contributed by atoms with Gasteiger partial charge in [-0.3, -0.25) is 0 Å². The van der Waals surface area contributed by atoms with Crippen LogP contribution in [0.1, 0.15) is 5.56 Å². The largest absolute Gasteiger partial charge is 0.143 e. The van der Waals surface area contributed by atoms with E-state index in [4.69, 9.17) is 11.6 Å². The third-order valence-corrected chi connectivity index (χ3v) is 4.19. The van der Waals surface area contributed by atoms with E-state index in [1.54, 1.807) is 11.3 Å². The van der Waals surface area contributed by atoms with Gasteiger partial charge in [-0.1, -0.05) is 41.9 Å². The van der Waals surface area contributed by atoms with Crippen LogP contribution in [0.25, 0.3) is 21.2 Å². The second-order valence-electron chi connectivity index (χ2n) is 4.08. The summed E-state index contributed by atoms with van der Waals surface area (Å²) in [7, 11) is 0. The standard InChI is InChI=1S/C15H11ClS/c1-10-9-13(16)12-7-8-17-15(12)14(10)11-5-3-2-4-6-11/h2-9H,1H3. The van der Waals surface area contributed by atoms with Gasteiger partial charge in [0.25, 0.3) is 0 Å². The van der Waals surface area contributed by atoms with Crippen LogP contribution in [-0.2, 0) is 0 Å². The Bertz CT molecular complexity index is 668. The van der Waals surface area contributed by atoms with E-state index in [1.807, 2.05) is 6.07 Å². The molecule has 0 radical (unpaired) electrons. The fourth-order valence-corrected chi connectivity index (χ4v) is 3.59. The summed E-state index contributed by atoms with van der Waals surface area (Å²) in [6, 6.07) is 14.6. The molecule has 3 aromatic rings. The van der Waals surface area contributed by atoms with Crippen molar-refractivity contribution < 1.29 is 0 Å². The first-order valence-corrected chi connectivity index (χ1v) is 6.75. The van der Waals surface area contributed by atoms with E-state index in [0.717, 1.165) is 10.4 Å². The van der Waals surface area contributed by atoms with Crippen molar-refractivity contribution in [2.24, 2.45) is 0 Å².